The number of allylic oxidation sites excluding steroid dienone is 1. The molecule has 0 spiro atoms. The molecule has 0 saturated carbocycles. The summed E-state index contributed by atoms with van der Waals surface area (Å²) in [5.41, 5.74) is -0.452. The third kappa shape index (κ3) is 7.43. The number of ether oxygens (including phenoxy) is 2. The van der Waals surface area contributed by atoms with Crippen molar-refractivity contribution in [2.75, 3.05) is 13.2 Å². The lowest BCUT2D eigenvalue weighted by atomic mass is 10.1. The van der Waals surface area contributed by atoms with Gasteiger partial charge in [-0.2, -0.15) is 0 Å². The second-order valence-corrected chi connectivity index (χ2v) is 7.54. The van der Waals surface area contributed by atoms with E-state index < -0.39 is 11.4 Å². The molecule has 0 amide bonds. The molecule has 0 atom stereocenters. The van der Waals surface area contributed by atoms with Crippen LogP contribution in [0.5, 0.6) is 17.2 Å². The lowest BCUT2D eigenvalue weighted by Gasteiger charge is -2.13. The van der Waals surface area contributed by atoms with Gasteiger partial charge >= 0.3 is 5.63 Å². The van der Waals surface area contributed by atoms with Gasteiger partial charge in [-0.1, -0.05) is 77.0 Å². The second-order valence-electron chi connectivity index (χ2n) is 7.54. The van der Waals surface area contributed by atoms with Crippen LogP contribution in [0, 0.1) is 0 Å². The quantitative estimate of drug-likeness (QED) is 0.197. The summed E-state index contributed by atoms with van der Waals surface area (Å²) >= 11 is 0. The highest BCUT2D eigenvalue weighted by molar-refractivity contribution is 5.91. The van der Waals surface area contributed by atoms with E-state index in [9.17, 15) is 9.90 Å². The van der Waals surface area contributed by atoms with Crippen LogP contribution in [0.3, 0.4) is 0 Å². The Balaban J connectivity index is 1.99. The van der Waals surface area contributed by atoms with Crippen molar-refractivity contribution in [3.8, 4) is 17.2 Å². The zero-order valence-electron chi connectivity index (χ0n) is 18.5. The van der Waals surface area contributed by atoms with Gasteiger partial charge in [-0.25, -0.2) is 4.79 Å². The highest BCUT2D eigenvalue weighted by Crippen LogP contribution is 2.38. The molecule has 5 heteroatoms. The van der Waals surface area contributed by atoms with Gasteiger partial charge in [-0.15, -0.1) is 0 Å². The Bertz CT molecular complexity index is 837. The number of benzene rings is 1. The molecule has 0 aliphatic rings. The van der Waals surface area contributed by atoms with E-state index in [1.165, 1.54) is 38.5 Å². The van der Waals surface area contributed by atoms with Gasteiger partial charge in [-0.3, -0.25) is 0 Å². The van der Waals surface area contributed by atoms with Gasteiger partial charge in [0.2, 0.25) is 5.75 Å². The van der Waals surface area contributed by atoms with Crippen LogP contribution < -0.4 is 15.1 Å². The van der Waals surface area contributed by atoms with Gasteiger partial charge in [0.25, 0.3) is 0 Å². The molecule has 1 aromatic heterocycles. The fourth-order valence-electron chi connectivity index (χ4n) is 3.37. The first kappa shape index (κ1) is 23.8. The van der Waals surface area contributed by atoms with E-state index in [1.54, 1.807) is 12.1 Å². The molecule has 1 aromatic carbocycles. The standard InChI is InChI=1S/C25H36O5/c1-3-5-7-9-10-11-12-14-18-28-20-16-15-17-21-22(20)24(23(26)25(27)30-21)29-19-13-8-6-4-2/h6,8,15-17,26H,3-5,7,9-14,18-19H2,1-2H3. The first-order chi connectivity index (χ1) is 14.7. The molecule has 0 saturated heterocycles. The predicted molar refractivity (Wildman–Crippen MR) is 122 cm³/mol. The summed E-state index contributed by atoms with van der Waals surface area (Å²) in [6.45, 7) is 5.23. The maximum absolute atomic E-state index is 12.0. The van der Waals surface area contributed by atoms with Crippen LogP contribution in [0.2, 0.25) is 0 Å². The molecule has 5 nitrogen and oxygen atoms in total. The topological polar surface area (TPSA) is 68.9 Å². The molecule has 0 bridgehead atoms. The summed E-state index contributed by atoms with van der Waals surface area (Å²) in [7, 11) is 0. The van der Waals surface area contributed by atoms with Gasteiger partial charge in [0.05, 0.1) is 13.2 Å². The van der Waals surface area contributed by atoms with Crippen LogP contribution >= 0.6 is 0 Å². The van der Waals surface area contributed by atoms with Gasteiger partial charge < -0.3 is 19.0 Å². The van der Waals surface area contributed by atoms with Crippen molar-refractivity contribution in [2.24, 2.45) is 0 Å². The molecule has 166 valence electrons. The van der Waals surface area contributed by atoms with Crippen LogP contribution in [-0.2, 0) is 0 Å². The first-order valence-electron chi connectivity index (χ1n) is 11.4. The zero-order valence-corrected chi connectivity index (χ0v) is 18.5. The largest absolute Gasteiger partial charge is 0.499 e. The van der Waals surface area contributed by atoms with Crippen LogP contribution in [0.1, 0.15) is 78.1 Å². The van der Waals surface area contributed by atoms with Gasteiger partial charge in [-0.05, 0) is 31.4 Å². The van der Waals surface area contributed by atoms with Gasteiger partial charge in [0.15, 0.2) is 5.75 Å². The zero-order chi connectivity index (χ0) is 21.6. The Kier molecular flexibility index (Phi) is 10.9. The third-order valence-electron chi connectivity index (χ3n) is 5.01. The Morgan fingerprint density at radius 3 is 2.40 bits per heavy atom. The molecule has 0 unspecified atom stereocenters. The molecular formula is C25H36O5. The van der Waals surface area contributed by atoms with Crippen molar-refractivity contribution in [2.45, 2.75) is 78.1 Å². The molecule has 30 heavy (non-hydrogen) atoms. The SMILES string of the molecule is CCC=CCCOc1c(O)c(=O)oc2cccc(OCCCCCCCCCC)c12. The Morgan fingerprint density at radius 1 is 0.933 bits per heavy atom. The Labute approximate surface area is 179 Å². The minimum absolute atomic E-state index is 0.137. The monoisotopic (exact) mass is 416 g/mol. The first-order valence-corrected chi connectivity index (χ1v) is 11.4. The number of aromatic hydroxyl groups is 1. The van der Waals surface area contributed by atoms with Gasteiger partial charge in [0, 0.05) is 0 Å². The Morgan fingerprint density at radius 2 is 1.67 bits per heavy atom. The number of fused-ring (bicyclic) bond motifs is 1. The molecule has 0 fully saturated rings. The molecule has 2 rings (SSSR count). The van der Waals surface area contributed by atoms with Crippen molar-refractivity contribution in [1.29, 1.82) is 0 Å². The van der Waals surface area contributed by atoms with E-state index in [0.717, 1.165) is 19.3 Å². The van der Waals surface area contributed by atoms with E-state index in [0.29, 0.717) is 36.4 Å². The average Bonchev–Trinajstić information content (AvgIpc) is 2.75. The molecule has 0 aliphatic carbocycles. The molecule has 1 N–H and O–H groups in total. The molecule has 1 heterocycles. The van der Waals surface area contributed by atoms with E-state index in [1.807, 2.05) is 12.1 Å². The van der Waals surface area contributed by atoms with Crippen LogP contribution in [0.4, 0.5) is 0 Å². The van der Waals surface area contributed by atoms with Crippen molar-refractivity contribution in [3.05, 3.63) is 40.8 Å². The fourth-order valence-corrected chi connectivity index (χ4v) is 3.37. The predicted octanol–water partition coefficient (Wildman–Crippen LogP) is 6.75. The van der Waals surface area contributed by atoms with Crippen molar-refractivity contribution in [3.63, 3.8) is 0 Å². The summed E-state index contributed by atoms with van der Waals surface area (Å²) in [5.74, 6) is 0.191. The fraction of sp³-hybridized carbons (Fsp3) is 0.560. The number of hydrogen-bond donors (Lipinski definition) is 1. The molecule has 0 radical (unpaired) electrons. The minimum Gasteiger partial charge on any atom is -0.499 e. The lowest BCUT2D eigenvalue weighted by molar-refractivity contribution is 0.291. The summed E-state index contributed by atoms with van der Waals surface area (Å²) in [6.07, 6.45) is 15.5. The molecule has 0 aliphatic heterocycles. The summed E-state index contributed by atoms with van der Waals surface area (Å²) in [5, 5.41) is 10.8. The third-order valence-corrected chi connectivity index (χ3v) is 5.01. The molecular weight excluding hydrogens is 380 g/mol. The van der Waals surface area contributed by atoms with Crippen molar-refractivity contribution in [1.82, 2.24) is 0 Å². The van der Waals surface area contributed by atoms with E-state index >= 15 is 0 Å². The number of unbranched alkanes of at least 4 members (excludes halogenated alkanes) is 7. The van der Waals surface area contributed by atoms with Crippen LogP contribution in [0.15, 0.2) is 39.6 Å². The minimum atomic E-state index is -0.804. The maximum Gasteiger partial charge on any atom is 0.382 e. The summed E-state index contributed by atoms with van der Waals surface area (Å²) < 4.78 is 17.0. The second kappa shape index (κ2) is 13.7. The average molecular weight is 417 g/mol. The van der Waals surface area contributed by atoms with Crippen LogP contribution in [0.25, 0.3) is 11.0 Å². The van der Waals surface area contributed by atoms with Crippen molar-refractivity contribution >= 4 is 11.0 Å². The summed E-state index contributed by atoms with van der Waals surface area (Å²) in [4.78, 5) is 12.0. The summed E-state index contributed by atoms with van der Waals surface area (Å²) in [6, 6.07) is 5.28. The van der Waals surface area contributed by atoms with E-state index in [2.05, 4.69) is 19.9 Å². The maximum atomic E-state index is 12.0. The highest BCUT2D eigenvalue weighted by Gasteiger charge is 2.19. The molecule has 2 aromatic rings. The normalized spacial score (nSPS) is 11.4. The Hall–Kier alpha value is -2.43. The number of rotatable bonds is 15. The number of hydrogen-bond acceptors (Lipinski definition) is 5. The lowest BCUT2D eigenvalue weighted by Crippen LogP contribution is -2.06. The van der Waals surface area contributed by atoms with Gasteiger partial charge in [0.1, 0.15) is 16.7 Å². The highest BCUT2D eigenvalue weighted by atomic mass is 16.5. The van der Waals surface area contributed by atoms with Crippen LogP contribution in [-0.4, -0.2) is 18.3 Å². The smallest absolute Gasteiger partial charge is 0.382 e. The van der Waals surface area contributed by atoms with E-state index in [4.69, 9.17) is 13.9 Å². The van der Waals surface area contributed by atoms with E-state index in [-0.39, 0.29) is 5.75 Å². The van der Waals surface area contributed by atoms with Crippen molar-refractivity contribution < 1.29 is 19.0 Å².